The highest BCUT2D eigenvalue weighted by Crippen LogP contribution is 2.29. The van der Waals surface area contributed by atoms with Crippen LogP contribution in [0.3, 0.4) is 0 Å². The third kappa shape index (κ3) is 4.08. The molecule has 0 spiro atoms. The predicted octanol–water partition coefficient (Wildman–Crippen LogP) is 2.92. The molecule has 2 rings (SSSR count). The molecule has 1 aromatic carbocycles. The Morgan fingerprint density at radius 3 is 2.54 bits per heavy atom. The molecule has 0 aliphatic carbocycles. The van der Waals surface area contributed by atoms with E-state index in [0.29, 0.717) is 5.56 Å². The van der Waals surface area contributed by atoms with Crippen LogP contribution in [0, 0.1) is 6.92 Å². The van der Waals surface area contributed by atoms with Gasteiger partial charge in [-0.25, -0.2) is 13.1 Å². The lowest BCUT2D eigenvalue weighted by atomic mass is 10.1. The summed E-state index contributed by atoms with van der Waals surface area (Å²) in [7, 11) is -2.39. The van der Waals surface area contributed by atoms with E-state index in [0.717, 1.165) is 12.1 Å². The SMILES string of the molecule is Cc1nn(C)c(Cl)c1S(=O)(=O)NCCc1cccc(C(F)(F)F)c1. The zero-order valence-corrected chi connectivity index (χ0v) is 14.4. The Bertz CT molecular complexity index is 847. The van der Waals surface area contributed by atoms with E-state index >= 15 is 0 Å². The maximum Gasteiger partial charge on any atom is 0.416 e. The maximum absolute atomic E-state index is 12.7. The van der Waals surface area contributed by atoms with Crippen LogP contribution in [-0.2, 0) is 29.7 Å². The topological polar surface area (TPSA) is 64.0 Å². The Labute approximate surface area is 142 Å². The molecule has 0 aliphatic rings. The van der Waals surface area contributed by atoms with Gasteiger partial charge in [-0.3, -0.25) is 4.68 Å². The van der Waals surface area contributed by atoms with E-state index < -0.39 is 21.8 Å². The molecule has 5 nitrogen and oxygen atoms in total. The lowest BCUT2D eigenvalue weighted by Crippen LogP contribution is -2.26. The summed E-state index contributed by atoms with van der Waals surface area (Å²) in [4.78, 5) is -0.129. The molecule has 1 N–H and O–H groups in total. The summed E-state index contributed by atoms with van der Waals surface area (Å²) < 4.78 is 66.1. The fraction of sp³-hybridized carbons (Fsp3) is 0.357. The highest BCUT2D eigenvalue weighted by Gasteiger charge is 2.30. The van der Waals surface area contributed by atoms with E-state index in [-0.39, 0.29) is 28.7 Å². The van der Waals surface area contributed by atoms with Gasteiger partial charge in [0.05, 0.1) is 11.3 Å². The minimum absolute atomic E-state index is 0.0286. The number of sulfonamides is 1. The van der Waals surface area contributed by atoms with Crippen LogP contribution < -0.4 is 4.72 Å². The van der Waals surface area contributed by atoms with Crippen molar-refractivity contribution in [3.63, 3.8) is 0 Å². The van der Waals surface area contributed by atoms with Gasteiger partial charge in [0.25, 0.3) is 0 Å². The van der Waals surface area contributed by atoms with E-state index in [2.05, 4.69) is 9.82 Å². The second-order valence-electron chi connectivity index (χ2n) is 5.17. The number of aromatic nitrogens is 2. The molecule has 1 aromatic heterocycles. The Morgan fingerprint density at radius 1 is 1.33 bits per heavy atom. The molecule has 1 heterocycles. The average molecular weight is 382 g/mol. The second kappa shape index (κ2) is 6.73. The smallest absolute Gasteiger partial charge is 0.255 e. The molecule has 0 unspecified atom stereocenters. The van der Waals surface area contributed by atoms with Gasteiger partial charge in [0, 0.05) is 13.6 Å². The number of rotatable bonds is 5. The van der Waals surface area contributed by atoms with E-state index in [1.807, 2.05) is 0 Å². The molecule has 0 saturated heterocycles. The van der Waals surface area contributed by atoms with Crippen molar-refractivity contribution in [2.45, 2.75) is 24.4 Å². The lowest BCUT2D eigenvalue weighted by molar-refractivity contribution is -0.137. The quantitative estimate of drug-likeness (QED) is 0.866. The number of halogens is 4. The molecular weight excluding hydrogens is 367 g/mol. The highest BCUT2D eigenvalue weighted by atomic mass is 35.5. The summed E-state index contributed by atoms with van der Waals surface area (Å²) in [6.07, 6.45) is -4.32. The largest absolute Gasteiger partial charge is 0.416 e. The molecule has 0 fully saturated rings. The van der Waals surface area contributed by atoms with Crippen molar-refractivity contribution in [1.82, 2.24) is 14.5 Å². The van der Waals surface area contributed by atoms with Crippen molar-refractivity contribution in [3.05, 3.63) is 46.2 Å². The Balaban J connectivity index is 2.09. The van der Waals surface area contributed by atoms with Crippen molar-refractivity contribution in [1.29, 1.82) is 0 Å². The van der Waals surface area contributed by atoms with Crippen molar-refractivity contribution >= 4 is 21.6 Å². The van der Waals surface area contributed by atoms with Gasteiger partial charge in [-0.05, 0) is 25.0 Å². The fourth-order valence-corrected chi connectivity index (χ4v) is 4.00. The first-order valence-corrected chi connectivity index (χ1v) is 8.73. The molecule has 0 saturated carbocycles. The van der Waals surface area contributed by atoms with E-state index in [1.165, 1.54) is 30.8 Å². The summed E-state index contributed by atoms with van der Waals surface area (Å²) in [5, 5.41) is 3.89. The van der Waals surface area contributed by atoms with Gasteiger partial charge in [0.2, 0.25) is 10.0 Å². The molecule has 0 aliphatic heterocycles. The van der Waals surface area contributed by atoms with Crippen molar-refractivity contribution in [2.75, 3.05) is 6.54 Å². The molecule has 0 radical (unpaired) electrons. The molecule has 24 heavy (non-hydrogen) atoms. The van der Waals surface area contributed by atoms with E-state index in [4.69, 9.17) is 11.6 Å². The molecular formula is C14H15ClF3N3O2S. The third-order valence-corrected chi connectivity index (χ3v) is 5.48. The maximum atomic E-state index is 12.7. The summed E-state index contributed by atoms with van der Waals surface area (Å²) in [6.45, 7) is 1.45. The first-order chi connectivity index (χ1) is 11.0. The summed E-state index contributed by atoms with van der Waals surface area (Å²) in [5.41, 5.74) is -0.149. The first kappa shape index (κ1) is 18.8. The average Bonchev–Trinajstić information content (AvgIpc) is 2.71. The number of nitrogens with one attached hydrogen (secondary N) is 1. The summed E-state index contributed by atoms with van der Waals surface area (Å²) >= 11 is 5.92. The lowest BCUT2D eigenvalue weighted by Gasteiger charge is -2.09. The standard InChI is InChI=1S/C14H15ClF3N3O2S/c1-9-12(13(15)21(2)20-9)24(22,23)19-7-6-10-4-3-5-11(8-10)14(16,17)18/h3-5,8,19H,6-7H2,1-2H3. The monoisotopic (exact) mass is 381 g/mol. The van der Waals surface area contributed by atoms with Crippen LogP contribution in [0.15, 0.2) is 29.2 Å². The van der Waals surface area contributed by atoms with Gasteiger partial charge in [0.1, 0.15) is 10.0 Å². The van der Waals surface area contributed by atoms with Gasteiger partial charge in [-0.2, -0.15) is 18.3 Å². The number of hydrogen-bond donors (Lipinski definition) is 1. The van der Waals surface area contributed by atoms with E-state index in [1.54, 1.807) is 0 Å². The van der Waals surface area contributed by atoms with Gasteiger partial charge < -0.3 is 0 Å². The van der Waals surface area contributed by atoms with Crippen LogP contribution >= 0.6 is 11.6 Å². The van der Waals surface area contributed by atoms with E-state index in [9.17, 15) is 21.6 Å². The van der Waals surface area contributed by atoms with Crippen molar-refractivity contribution in [3.8, 4) is 0 Å². The van der Waals surface area contributed by atoms with Crippen LogP contribution in [-0.4, -0.2) is 24.7 Å². The van der Waals surface area contributed by atoms with Gasteiger partial charge >= 0.3 is 6.18 Å². The van der Waals surface area contributed by atoms with Crippen LogP contribution in [0.5, 0.6) is 0 Å². The van der Waals surface area contributed by atoms with Gasteiger partial charge in [0.15, 0.2) is 0 Å². The molecule has 10 heteroatoms. The molecule has 2 aromatic rings. The first-order valence-electron chi connectivity index (χ1n) is 6.87. The number of alkyl halides is 3. The molecule has 0 bridgehead atoms. The van der Waals surface area contributed by atoms with Gasteiger partial charge in [-0.15, -0.1) is 0 Å². The molecule has 132 valence electrons. The number of hydrogen-bond acceptors (Lipinski definition) is 3. The molecule has 0 amide bonds. The van der Waals surface area contributed by atoms with Crippen LogP contribution in [0.4, 0.5) is 13.2 Å². The highest BCUT2D eigenvalue weighted by molar-refractivity contribution is 7.89. The number of nitrogens with zero attached hydrogens (tertiary/aromatic N) is 2. The zero-order chi connectivity index (χ0) is 18.1. The van der Waals surface area contributed by atoms with Crippen molar-refractivity contribution < 1.29 is 21.6 Å². The minimum atomic E-state index is -4.43. The summed E-state index contributed by atoms with van der Waals surface area (Å²) in [6, 6.07) is 4.75. The normalized spacial score (nSPS) is 12.6. The minimum Gasteiger partial charge on any atom is -0.255 e. The number of aryl methyl sites for hydroxylation is 2. The van der Waals surface area contributed by atoms with Gasteiger partial charge in [-0.1, -0.05) is 29.8 Å². The zero-order valence-electron chi connectivity index (χ0n) is 12.9. The van der Waals surface area contributed by atoms with Crippen LogP contribution in [0.2, 0.25) is 5.15 Å². The fourth-order valence-electron chi connectivity index (χ4n) is 2.22. The predicted molar refractivity (Wildman–Crippen MR) is 83.3 cm³/mol. The molecule has 0 atom stereocenters. The second-order valence-corrected chi connectivity index (χ2v) is 7.24. The Morgan fingerprint density at radius 2 is 2.00 bits per heavy atom. The van der Waals surface area contributed by atoms with Crippen molar-refractivity contribution in [2.24, 2.45) is 7.05 Å². The third-order valence-electron chi connectivity index (χ3n) is 3.33. The van der Waals surface area contributed by atoms with Crippen LogP contribution in [0.25, 0.3) is 0 Å². The Hall–Kier alpha value is -1.58. The Kier molecular flexibility index (Phi) is 5.26. The van der Waals surface area contributed by atoms with Crippen LogP contribution in [0.1, 0.15) is 16.8 Å². The number of benzene rings is 1. The summed E-state index contributed by atoms with van der Waals surface area (Å²) in [5.74, 6) is 0.